The number of hydrogen-bond donors (Lipinski definition) is 0. The monoisotopic (exact) mass is 66.0 g/mol. The zero-order valence-electron chi connectivity index (χ0n) is 2.68. The van der Waals surface area contributed by atoms with E-state index in [0.29, 0.717) is 7.35 Å². The molecule has 0 fully saturated rings. The first-order valence-electron chi connectivity index (χ1n) is 1.12. The van der Waals surface area contributed by atoms with Gasteiger partial charge in [0.15, 0.2) is 0 Å². The van der Waals surface area contributed by atoms with Gasteiger partial charge >= 0.3 is 31.0 Å². The third-order valence-corrected chi connectivity index (χ3v) is 0.152. The Morgan fingerprint density at radius 2 is 2.40 bits per heavy atom. The van der Waals surface area contributed by atoms with Gasteiger partial charge in [0.25, 0.3) is 0 Å². The van der Waals surface area contributed by atoms with Crippen molar-refractivity contribution in [2.45, 2.75) is 0 Å². The predicted octanol–water partition coefficient (Wildman–Crippen LogP) is -1.60. The van der Waals surface area contributed by atoms with E-state index in [1.165, 1.54) is 0 Å². The summed E-state index contributed by atoms with van der Waals surface area (Å²) in [5.74, 6) is 0. The van der Waals surface area contributed by atoms with Crippen LogP contribution in [0.5, 0.6) is 0 Å². The van der Waals surface area contributed by atoms with Gasteiger partial charge in [-0.25, -0.2) is 0 Å². The van der Waals surface area contributed by atoms with Crippen LogP contribution >= 0.6 is 0 Å². The normalized spacial score (nSPS) is 3.80. The third-order valence-electron chi connectivity index (χ3n) is 0.152. The summed E-state index contributed by atoms with van der Waals surface area (Å²) in [5.41, 5.74) is 0. The summed E-state index contributed by atoms with van der Waals surface area (Å²) in [6.45, 7) is 0. The number of rotatable bonds is 2. The molecule has 0 rings (SSSR count). The minimum absolute atomic E-state index is 0.312. The maximum absolute atomic E-state index is 9.11. The summed E-state index contributed by atoms with van der Waals surface area (Å²) in [5, 5.41) is 0. The molecule has 5 heteroatoms. The predicted molar refractivity (Wildman–Crippen MR) is 20.4 cm³/mol. The van der Waals surface area contributed by atoms with Crippen LogP contribution in [0, 0.1) is 0 Å². The third kappa shape index (κ3) is 3.79. The fourth-order valence-electron chi connectivity index (χ4n) is 0.0393. The van der Waals surface area contributed by atoms with Crippen molar-refractivity contribution in [1.82, 2.24) is 0 Å². The molecule has 0 radical (unpaired) electrons. The van der Waals surface area contributed by atoms with Crippen LogP contribution in [0.15, 0.2) is 0 Å². The molecule has 0 heterocycles. The van der Waals surface area contributed by atoms with E-state index in [9.17, 15) is 0 Å². The molecule has 0 spiro atoms. The van der Waals surface area contributed by atoms with E-state index in [0.717, 1.165) is 7.00 Å². The van der Waals surface area contributed by atoms with Gasteiger partial charge in [-0.2, -0.15) is 0 Å². The fraction of sp³-hybridized carbons (Fsp3) is 0. The average Bonchev–Trinajstić information content (AvgIpc) is 1.41. The van der Waals surface area contributed by atoms with Gasteiger partial charge < -0.3 is 0 Å². The molecule has 0 unspecified atom stereocenters. The van der Waals surface area contributed by atoms with E-state index >= 15 is 0 Å². The van der Waals surface area contributed by atoms with Gasteiger partial charge in [0, 0.05) is 0 Å². The van der Waals surface area contributed by atoms with E-state index in [2.05, 4.69) is 11.9 Å². The van der Waals surface area contributed by atoms with Crippen molar-refractivity contribution in [1.29, 1.82) is 0 Å². The Bertz CT molecular complexity index is 34.2. The zero-order chi connectivity index (χ0) is 4.12. The van der Waals surface area contributed by atoms with E-state index < -0.39 is 0 Å². The van der Waals surface area contributed by atoms with E-state index in [-0.39, 0.29) is 0 Å². The molecule has 0 aromatic rings. The quantitative estimate of drug-likeness (QED) is 0.362. The summed E-state index contributed by atoms with van der Waals surface area (Å²) in [7, 11) is 4.47. The van der Waals surface area contributed by atoms with Crippen LogP contribution in [0.1, 0.15) is 0 Å². The Labute approximate surface area is 32.1 Å². The van der Waals surface area contributed by atoms with Gasteiger partial charge in [0.05, 0.1) is 0 Å². The van der Waals surface area contributed by atoms with E-state index in [1.54, 1.807) is 0 Å². The standard InChI is InChI=1S/B3HO2/c1-2-5-3-4/h1H. The zero-order valence-corrected chi connectivity index (χ0v) is 2.68. The van der Waals surface area contributed by atoms with Crippen molar-refractivity contribution in [3.63, 3.8) is 0 Å². The molecule has 0 saturated carbocycles. The molecule has 2 nitrogen and oxygen atoms in total. The van der Waals surface area contributed by atoms with Gasteiger partial charge in [0.2, 0.25) is 0 Å². The van der Waals surface area contributed by atoms with Crippen molar-refractivity contribution in [2.24, 2.45) is 0 Å². The van der Waals surface area contributed by atoms with Gasteiger partial charge in [-0.3, -0.25) is 0 Å². The second kappa shape index (κ2) is 3.79. The van der Waals surface area contributed by atoms with Crippen LogP contribution in [0.25, 0.3) is 0 Å². The molecule has 0 aliphatic heterocycles. The average molecular weight is 65.4 g/mol. The second-order valence-electron chi connectivity index (χ2n) is 0.399. The van der Waals surface area contributed by atoms with Crippen molar-refractivity contribution in [3.8, 4) is 0 Å². The molecule has 0 aromatic carbocycles. The van der Waals surface area contributed by atoms with E-state index in [4.69, 9.17) is 4.70 Å². The van der Waals surface area contributed by atoms with Crippen LogP contribution in [-0.4, -0.2) is 21.7 Å². The van der Waals surface area contributed by atoms with E-state index in [1.807, 2.05) is 0 Å². The van der Waals surface area contributed by atoms with Gasteiger partial charge in [-0.15, -0.1) is 0 Å². The second-order valence-corrected chi connectivity index (χ2v) is 0.399. The summed E-state index contributed by atoms with van der Waals surface area (Å²) >= 11 is 0. The van der Waals surface area contributed by atoms with Crippen LogP contribution in [0.2, 0.25) is 0 Å². The van der Waals surface area contributed by atoms with Crippen LogP contribution < -0.4 is 0 Å². The molecule has 0 aliphatic rings. The Hall–Kier alpha value is -0.205. The van der Waals surface area contributed by atoms with Crippen LogP contribution in [0.3, 0.4) is 0 Å². The summed E-state index contributed by atoms with van der Waals surface area (Å²) in [6, 6.07) is 0. The van der Waals surface area contributed by atoms with Crippen molar-refractivity contribution < 1.29 is 9.28 Å². The molecular weight excluding hydrogens is 64.4 g/mol. The molecular formula is HB3O2. The molecule has 0 amide bonds. The van der Waals surface area contributed by atoms with Gasteiger partial charge in [0.1, 0.15) is 0 Å². The first kappa shape index (κ1) is 4.79. The molecule has 22 valence electrons. The van der Waals surface area contributed by atoms with Crippen molar-refractivity contribution in [2.75, 3.05) is 0 Å². The van der Waals surface area contributed by atoms with Crippen molar-refractivity contribution >= 4 is 21.7 Å². The maximum atomic E-state index is 9.11. The Morgan fingerprint density at radius 1 is 1.80 bits per heavy atom. The Morgan fingerprint density at radius 3 is 2.40 bits per heavy atom. The first-order valence-corrected chi connectivity index (χ1v) is 1.12. The summed E-state index contributed by atoms with van der Waals surface area (Å²) in [4.78, 5) is 0. The van der Waals surface area contributed by atoms with Crippen molar-refractivity contribution in [3.05, 3.63) is 0 Å². The molecule has 0 aliphatic carbocycles. The molecule has 0 bridgehead atoms. The fourth-order valence-corrected chi connectivity index (χ4v) is 0.0393. The molecule has 5 heavy (non-hydrogen) atoms. The molecule has 0 atom stereocenters. The number of hydrogen-bond acceptors (Lipinski definition) is 2. The van der Waals surface area contributed by atoms with Crippen LogP contribution in [-0.2, 0) is 9.28 Å². The van der Waals surface area contributed by atoms with Gasteiger partial charge in [-0.05, 0) is 0 Å². The Balaban J connectivity index is 2.65. The summed E-state index contributed by atoms with van der Waals surface area (Å²) in [6.07, 6.45) is 0. The first-order chi connectivity index (χ1) is 2.41. The van der Waals surface area contributed by atoms with Gasteiger partial charge in [-0.1, -0.05) is 0 Å². The summed E-state index contributed by atoms with van der Waals surface area (Å²) < 4.78 is 13.0. The SMILES string of the molecule is B=BOB=O. The topological polar surface area (TPSA) is 26.3 Å². The molecule has 0 saturated heterocycles. The van der Waals surface area contributed by atoms with Crippen LogP contribution in [0.4, 0.5) is 0 Å². The molecule has 0 N–H and O–H groups in total. The molecule has 0 aromatic heterocycles. The minimum atomic E-state index is 0.312. The Kier molecular flexibility index (Phi) is 3.64.